The first-order valence-electron chi connectivity index (χ1n) is 6.86. The second kappa shape index (κ2) is 5.43. The first-order valence-corrected chi connectivity index (χ1v) is 8.41. The molecule has 1 aromatic rings. The van der Waals surface area contributed by atoms with E-state index in [1.54, 1.807) is 6.07 Å². The van der Waals surface area contributed by atoms with Crippen LogP contribution in [0.5, 0.6) is 0 Å². The molecule has 1 fully saturated rings. The van der Waals surface area contributed by atoms with Crippen LogP contribution in [0.3, 0.4) is 0 Å². The maximum atomic E-state index is 12.7. The fourth-order valence-corrected chi connectivity index (χ4v) is 4.99. The first-order chi connectivity index (χ1) is 8.53. The van der Waals surface area contributed by atoms with Gasteiger partial charge in [-0.05, 0) is 30.4 Å². The van der Waals surface area contributed by atoms with Crippen LogP contribution in [0.4, 0.5) is 0 Å². The van der Waals surface area contributed by atoms with Crippen LogP contribution in [-0.2, 0) is 9.84 Å². The molecule has 0 aromatic heterocycles. The fraction of sp³-hybridized carbons (Fsp3) is 0.600. The van der Waals surface area contributed by atoms with Crippen LogP contribution in [-0.4, -0.2) is 13.7 Å². The molecule has 2 nitrogen and oxygen atoms in total. The number of benzene rings is 1. The van der Waals surface area contributed by atoms with Gasteiger partial charge in [0.1, 0.15) is 0 Å². The Morgan fingerprint density at radius 3 is 2.28 bits per heavy atom. The third-order valence-electron chi connectivity index (χ3n) is 3.84. The summed E-state index contributed by atoms with van der Waals surface area (Å²) in [5, 5.41) is -0.161. The molecule has 0 heterocycles. The Morgan fingerprint density at radius 1 is 1.06 bits per heavy atom. The van der Waals surface area contributed by atoms with Crippen LogP contribution in [0.1, 0.15) is 57.4 Å². The van der Waals surface area contributed by atoms with E-state index in [2.05, 4.69) is 13.8 Å². The molecule has 0 N–H and O–H groups in total. The average Bonchev–Trinajstić information content (AvgIpc) is 2.39. The van der Waals surface area contributed by atoms with Gasteiger partial charge >= 0.3 is 0 Å². The molecule has 0 spiro atoms. The van der Waals surface area contributed by atoms with E-state index >= 15 is 0 Å². The molecule has 0 aliphatic heterocycles. The van der Waals surface area contributed by atoms with E-state index in [9.17, 15) is 8.42 Å². The Balaban J connectivity index is 2.40. The van der Waals surface area contributed by atoms with E-state index in [4.69, 9.17) is 0 Å². The summed E-state index contributed by atoms with van der Waals surface area (Å²) in [5.74, 6) is 0.250. The third kappa shape index (κ3) is 2.61. The van der Waals surface area contributed by atoms with Crippen molar-refractivity contribution in [2.75, 3.05) is 0 Å². The minimum absolute atomic E-state index is 0.161. The van der Waals surface area contributed by atoms with Gasteiger partial charge in [0.2, 0.25) is 0 Å². The van der Waals surface area contributed by atoms with Crippen molar-refractivity contribution in [2.45, 2.75) is 62.0 Å². The lowest BCUT2D eigenvalue weighted by Crippen LogP contribution is -2.25. The predicted octanol–water partition coefficient (Wildman–Crippen LogP) is 3.92. The van der Waals surface area contributed by atoms with Crippen LogP contribution in [0.15, 0.2) is 29.2 Å². The number of sulfone groups is 1. The third-order valence-corrected chi connectivity index (χ3v) is 6.17. The van der Waals surface area contributed by atoms with Gasteiger partial charge in [0.25, 0.3) is 0 Å². The summed E-state index contributed by atoms with van der Waals surface area (Å²) in [5.41, 5.74) is 0.961. The summed E-state index contributed by atoms with van der Waals surface area (Å²) in [6.45, 7) is 4.10. The van der Waals surface area contributed by atoms with Crippen molar-refractivity contribution in [2.24, 2.45) is 0 Å². The molecule has 1 aromatic carbocycles. The number of rotatable bonds is 3. The van der Waals surface area contributed by atoms with E-state index in [-0.39, 0.29) is 11.2 Å². The second-order valence-corrected chi connectivity index (χ2v) is 7.69. The van der Waals surface area contributed by atoms with Crippen molar-refractivity contribution >= 4 is 9.84 Å². The molecule has 0 atom stereocenters. The summed E-state index contributed by atoms with van der Waals surface area (Å²) in [7, 11) is -3.14. The largest absolute Gasteiger partial charge is 0.223 e. The summed E-state index contributed by atoms with van der Waals surface area (Å²) in [4.78, 5) is 0.562. The van der Waals surface area contributed by atoms with Gasteiger partial charge in [0.05, 0.1) is 10.1 Å². The lowest BCUT2D eigenvalue weighted by Gasteiger charge is -2.23. The van der Waals surface area contributed by atoms with Crippen LogP contribution in [0, 0.1) is 0 Å². The summed E-state index contributed by atoms with van der Waals surface area (Å²) < 4.78 is 25.4. The minimum Gasteiger partial charge on any atom is -0.223 e. The zero-order valence-corrected chi connectivity index (χ0v) is 12.0. The summed E-state index contributed by atoms with van der Waals surface area (Å²) in [6, 6.07) is 7.48. The van der Waals surface area contributed by atoms with Crippen molar-refractivity contribution in [1.82, 2.24) is 0 Å². The van der Waals surface area contributed by atoms with Gasteiger partial charge in [-0.1, -0.05) is 51.3 Å². The Morgan fingerprint density at radius 2 is 1.67 bits per heavy atom. The van der Waals surface area contributed by atoms with Crippen molar-refractivity contribution in [3.8, 4) is 0 Å². The van der Waals surface area contributed by atoms with E-state index in [0.29, 0.717) is 4.90 Å². The Kier molecular flexibility index (Phi) is 4.10. The monoisotopic (exact) mass is 266 g/mol. The van der Waals surface area contributed by atoms with Gasteiger partial charge in [-0.2, -0.15) is 0 Å². The van der Waals surface area contributed by atoms with Crippen LogP contribution in [0.2, 0.25) is 0 Å². The SMILES string of the molecule is CC(C)c1ccccc1S(=O)(=O)C1CCCCC1. The molecule has 3 heteroatoms. The molecular formula is C15H22O2S. The van der Waals surface area contributed by atoms with Crippen LogP contribution >= 0.6 is 0 Å². The smallest absolute Gasteiger partial charge is 0.181 e. The van der Waals surface area contributed by atoms with Gasteiger partial charge in [-0.15, -0.1) is 0 Å². The average molecular weight is 266 g/mol. The maximum absolute atomic E-state index is 12.7. The zero-order chi connectivity index (χ0) is 13.2. The summed E-state index contributed by atoms with van der Waals surface area (Å²) in [6.07, 6.45) is 4.93. The van der Waals surface area contributed by atoms with Gasteiger partial charge < -0.3 is 0 Å². The molecule has 18 heavy (non-hydrogen) atoms. The topological polar surface area (TPSA) is 34.1 Å². The Hall–Kier alpha value is -0.830. The van der Waals surface area contributed by atoms with Crippen molar-refractivity contribution in [3.05, 3.63) is 29.8 Å². The maximum Gasteiger partial charge on any atom is 0.181 e. The van der Waals surface area contributed by atoms with Gasteiger partial charge in [0, 0.05) is 0 Å². The van der Waals surface area contributed by atoms with E-state index in [1.165, 1.54) is 6.42 Å². The van der Waals surface area contributed by atoms with Crippen LogP contribution < -0.4 is 0 Å². The highest BCUT2D eigenvalue weighted by Crippen LogP contribution is 2.32. The lowest BCUT2D eigenvalue weighted by molar-refractivity contribution is 0.483. The molecule has 0 bridgehead atoms. The highest BCUT2D eigenvalue weighted by molar-refractivity contribution is 7.92. The standard InChI is InChI=1S/C15H22O2S/c1-12(2)14-10-6-7-11-15(14)18(16,17)13-8-4-3-5-9-13/h6-7,10-13H,3-5,8-9H2,1-2H3. The van der Waals surface area contributed by atoms with Gasteiger partial charge in [-0.25, -0.2) is 8.42 Å². The van der Waals surface area contributed by atoms with E-state index < -0.39 is 9.84 Å². The molecule has 100 valence electrons. The van der Waals surface area contributed by atoms with E-state index in [1.807, 2.05) is 18.2 Å². The molecule has 1 saturated carbocycles. The molecule has 1 aliphatic carbocycles. The molecule has 0 amide bonds. The minimum atomic E-state index is -3.14. The molecular weight excluding hydrogens is 244 g/mol. The Bertz CT molecular complexity index is 497. The molecule has 0 saturated heterocycles. The van der Waals surface area contributed by atoms with Crippen LogP contribution in [0.25, 0.3) is 0 Å². The van der Waals surface area contributed by atoms with Gasteiger partial charge in [0.15, 0.2) is 9.84 Å². The normalized spacial score (nSPS) is 18.2. The highest BCUT2D eigenvalue weighted by atomic mass is 32.2. The van der Waals surface area contributed by atoms with E-state index in [0.717, 1.165) is 31.2 Å². The van der Waals surface area contributed by atoms with Crippen molar-refractivity contribution in [1.29, 1.82) is 0 Å². The molecule has 0 unspecified atom stereocenters. The highest BCUT2D eigenvalue weighted by Gasteiger charge is 2.30. The van der Waals surface area contributed by atoms with Gasteiger partial charge in [-0.3, -0.25) is 0 Å². The molecule has 1 aliphatic rings. The quantitative estimate of drug-likeness (QED) is 0.831. The predicted molar refractivity (Wildman–Crippen MR) is 74.6 cm³/mol. The molecule has 2 rings (SSSR count). The number of hydrogen-bond acceptors (Lipinski definition) is 2. The second-order valence-electron chi connectivity index (χ2n) is 5.50. The molecule has 0 radical (unpaired) electrons. The Labute approximate surface area is 110 Å². The summed E-state index contributed by atoms with van der Waals surface area (Å²) >= 11 is 0. The van der Waals surface area contributed by atoms with Crippen molar-refractivity contribution < 1.29 is 8.42 Å². The lowest BCUT2D eigenvalue weighted by atomic mass is 10.0. The fourth-order valence-electron chi connectivity index (χ4n) is 2.77. The van der Waals surface area contributed by atoms with Crippen molar-refractivity contribution in [3.63, 3.8) is 0 Å². The number of hydrogen-bond donors (Lipinski definition) is 0. The zero-order valence-electron chi connectivity index (χ0n) is 11.2. The first kappa shape index (κ1) is 13.6.